The quantitative estimate of drug-likeness (QED) is 0.796. The zero-order chi connectivity index (χ0) is 16.2. The van der Waals surface area contributed by atoms with E-state index in [-0.39, 0.29) is 29.1 Å². The second-order valence-corrected chi connectivity index (χ2v) is 6.66. The van der Waals surface area contributed by atoms with Crippen LogP contribution < -0.4 is 0 Å². The van der Waals surface area contributed by atoms with Crippen LogP contribution in [-0.2, 0) is 5.41 Å². The monoisotopic (exact) mass is 309 g/mol. The van der Waals surface area contributed by atoms with E-state index in [1.165, 1.54) is 17.0 Å². The van der Waals surface area contributed by atoms with E-state index < -0.39 is 0 Å². The normalized spacial score (nSPS) is 26.2. The lowest BCUT2D eigenvalue weighted by atomic mass is 9.62. The van der Waals surface area contributed by atoms with Gasteiger partial charge in [-0.3, -0.25) is 14.5 Å². The number of carbonyl (C=O) groups is 2. The van der Waals surface area contributed by atoms with Crippen molar-refractivity contribution in [1.29, 1.82) is 0 Å². The number of imide groups is 1. The first-order chi connectivity index (χ1) is 11.0. The minimum absolute atomic E-state index is 0.0857. The maximum absolute atomic E-state index is 13.1. The summed E-state index contributed by atoms with van der Waals surface area (Å²) in [5, 5.41) is 0. The molecule has 116 valence electrons. The van der Waals surface area contributed by atoms with Crippen LogP contribution in [0.4, 0.5) is 4.39 Å². The van der Waals surface area contributed by atoms with Crippen LogP contribution in [0.5, 0.6) is 0 Å². The number of nitrogens with zero attached hydrogens (tertiary/aromatic N) is 1. The Kier molecular flexibility index (Phi) is 2.92. The molecule has 2 amide bonds. The van der Waals surface area contributed by atoms with Crippen molar-refractivity contribution in [1.82, 2.24) is 4.90 Å². The van der Waals surface area contributed by atoms with Crippen molar-refractivity contribution >= 4 is 11.8 Å². The topological polar surface area (TPSA) is 37.4 Å². The third-order valence-corrected chi connectivity index (χ3v) is 5.10. The number of amides is 2. The molecule has 1 aliphatic carbocycles. The van der Waals surface area contributed by atoms with Gasteiger partial charge in [0.1, 0.15) is 5.82 Å². The van der Waals surface area contributed by atoms with Gasteiger partial charge in [-0.1, -0.05) is 31.2 Å². The van der Waals surface area contributed by atoms with Crippen LogP contribution >= 0.6 is 0 Å². The van der Waals surface area contributed by atoms with Crippen molar-refractivity contribution in [3.63, 3.8) is 0 Å². The lowest BCUT2D eigenvalue weighted by Crippen LogP contribution is -2.53. The molecule has 0 saturated heterocycles. The molecule has 2 aromatic rings. The second-order valence-electron chi connectivity index (χ2n) is 6.66. The Hall–Kier alpha value is -2.49. The standard InChI is InChI=1S/C19H16FNO2/c1-19(12-6-8-13(20)9-7-12)10-14(11-19)21-17(22)15-4-2-3-5-16(15)18(21)23/h2-9,14H,10-11H2,1H3. The van der Waals surface area contributed by atoms with E-state index in [9.17, 15) is 14.0 Å². The number of halogens is 1. The maximum atomic E-state index is 13.1. The molecule has 2 aromatic carbocycles. The highest BCUT2D eigenvalue weighted by Crippen LogP contribution is 2.47. The van der Waals surface area contributed by atoms with Crippen molar-refractivity contribution < 1.29 is 14.0 Å². The first-order valence-electron chi connectivity index (χ1n) is 7.72. The zero-order valence-electron chi connectivity index (χ0n) is 12.8. The van der Waals surface area contributed by atoms with Gasteiger partial charge in [-0.25, -0.2) is 4.39 Å². The van der Waals surface area contributed by atoms with E-state index in [0.29, 0.717) is 24.0 Å². The molecule has 2 aliphatic rings. The summed E-state index contributed by atoms with van der Waals surface area (Å²) in [5.41, 5.74) is 1.92. The Morgan fingerprint density at radius 1 is 0.957 bits per heavy atom. The molecular weight excluding hydrogens is 293 g/mol. The molecule has 0 atom stereocenters. The van der Waals surface area contributed by atoms with Crippen LogP contribution in [0.15, 0.2) is 48.5 Å². The first kappa shape index (κ1) is 14.1. The SMILES string of the molecule is CC1(c2ccc(F)cc2)CC(N2C(=O)c3ccccc3C2=O)C1. The van der Waals surface area contributed by atoms with Crippen LogP contribution in [0, 0.1) is 5.82 Å². The fourth-order valence-electron chi connectivity index (χ4n) is 3.79. The van der Waals surface area contributed by atoms with Gasteiger partial charge in [-0.15, -0.1) is 0 Å². The predicted molar refractivity (Wildman–Crippen MR) is 83.7 cm³/mol. The van der Waals surface area contributed by atoms with Gasteiger partial charge in [0.25, 0.3) is 11.8 Å². The van der Waals surface area contributed by atoms with E-state index in [4.69, 9.17) is 0 Å². The van der Waals surface area contributed by atoms with Gasteiger partial charge >= 0.3 is 0 Å². The van der Waals surface area contributed by atoms with Crippen molar-refractivity contribution in [3.05, 3.63) is 71.0 Å². The molecule has 4 rings (SSSR count). The minimum Gasteiger partial charge on any atom is -0.271 e. The summed E-state index contributed by atoms with van der Waals surface area (Å²) in [6, 6.07) is 13.3. The van der Waals surface area contributed by atoms with Crippen LogP contribution in [-0.4, -0.2) is 22.8 Å². The molecule has 1 fully saturated rings. The van der Waals surface area contributed by atoms with Crippen LogP contribution in [0.3, 0.4) is 0 Å². The molecular formula is C19H16FNO2. The van der Waals surface area contributed by atoms with E-state index in [2.05, 4.69) is 6.92 Å². The zero-order valence-corrected chi connectivity index (χ0v) is 12.8. The summed E-state index contributed by atoms with van der Waals surface area (Å²) < 4.78 is 13.1. The fourth-order valence-corrected chi connectivity index (χ4v) is 3.79. The Labute approximate surface area is 133 Å². The molecule has 1 aliphatic heterocycles. The number of carbonyl (C=O) groups excluding carboxylic acids is 2. The molecule has 0 radical (unpaired) electrons. The predicted octanol–water partition coefficient (Wildman–Crippen LogP) is 3.54. The smallest absolute Gasteiger partial charge is 0.261 e. The summed E-state index contributed by atoms with van der Waals surface area (Å²) in [4.78, 5) is 26.4. The van der Waals surface area contributed by atoms with Crippen LogP contribution in [0.2, 0.25) is 0 Å². The van der Waals surface area contributed by atoms with Crippen molar-refractivity contribution in [2.24, 2.45) is 0 Å². The van der Waals surface area contributed by atoms with Gasteiger partial charge in [0.2, 0.25) is 0 Å². The highest BCUT2D eigenvalue weighted by atomic mass is 19.1. The average Bonchev–Trinajstić information content (AvgIpc) is 2.77. The summed E-state index contributed by atoms with van der Waals surface area (Å²) in [5.74, 6) is -0.651. The molecule has 0 spiro atoms. The number of hydrogen-bond donors (Lipinski definition) is 0. The Bertz CT molecular complexity index is 771. The summed E-state index contributed by atoms with van der Waals surface area (Å²) >= 11 is 0. The van der Waals surface area contributed by atoms with Crippen LogP contribution in [0.1, 0.15) is 46.0 Å². The molecule has 4 heteroatoms. The third-order valence-electron chi connectivity index (χ3n) is 5.10. The number of fused-ring (bicyclic) bond motifs is 1. The first-order valence-corrected chi connectivity index (χ1v) is 7.72. The number of hydrogen-bond acceptors (Lipinski definition) is 2. The summed E-state index contributed by atoms with van der Waals surface area (Å²) in [7, 11) is 0. The molecule has 1 saturated carbocycles. The molecule has 0 N–H and O–H groups in total. The lowest BCUT2D eigenvalue weighted by molar-refractivity contribution is 0.0378. The highest BCUT2D eigenvalue weighted by molar-refractivity contribution is 6.21. The summed E-state index contributed by atoms with van der Waals surface area (Å²) in [6.45, 7) is 2.09. The van der Waals surface area contributed by atoms with Crippen molar-refractivity contribution in [3.8, 4) is 0 Å². The van der Waals surface area contributed by atoms with Gasteiger partial charge in [-0.05, 0) is 48.1 Å². The van der Waals surface area contributed by atoms with Gasteiger partial charge in [-0.2, -0.15) is 0 Å². The molecule has 1 heterocycles. The van der Waals surface area contributed by atoms with Gasteiger partial charge in [0, 0.05) is 6.04 Å². The van der Waals surface area contributed by atoms with Gasteiger partial charge in [0.05, 0.1) is 11.1 Å². The molecule has 3 nitrogen and oxygen atoms in total. The lowest BCUT2D eigenvalue weighted by Gasteiger charge is -2.48. The van der Waals surface area contributed by atoms with Gasteiger partial charge < -0.3 is 0 Å². The van der Waals surface area contributed by atoms with E-state index in [0.717, 1.165) is 5.56 Å². The second kappa shape index (κ2) is 4.75. The van der Waals surface area contributed by atoms with Crippen molar-refractivity contribution in [2.75, 3.05) is 0 Å². The third kappa shape index (κ3) is 2.01. The fraction of sp³-hybridized carbons (Fsp3) is 0.263. The molecule has 0 unspecified atom stereocenters. The van der Waals surface area contributed by atoms with Crippen LogP contribution in [0.25, 0.3) is 0 Å². The Morgan fingerprint density at radius 3 is 2.00 bits per heavy atom. The van der Waals surface area contributed by atoms with Crippen molar-refractivity contribution in [2.45, 2.75) is 31.2 Å². The van der Waals surface area contributed by atoms with Gasteiger partial charge in [0.15, 0.2) is 0 Å². The largest absolute Gasteiger partial charge is 0.271 e. The summed E-state index contributed by atoms with van der Waals surface area (Å²) in [6.07, 6.45) is 1.42. The average molecular weight is 309 g/mol. The maximum Gasteiger partial charge on any atom is 0.261 e. The Balaban J connectivity index is 1.56. The van der Waals surface area contributed by atoms with E-state index in [1.807, 2.05) is 0 Å². The number of rotatable bonds is 2. The highest BCUT2D eigenvalue weighted by Gasteiger charge is 2.50. The minimum atomic E-state index is -0.256. The molecule has 0 aromatic heterocycles. The Morgan fingerprint density at radius 2 is 1.48 bits per heavy atom. The number of benzene rings is 2. The van der Waals surface area contributed by atoms with E-state index >= 15 is 0 Å². The van der Waals surface area contributed by atoms with E-state index in [1.54, 1.807) is 36.4 Å². The molecule has 0 bridgehead atoms. The molecule has 23 heavy (non-hydrogen) atoms.